The molecule has 1 aromatic rings. The zero-order valence-corrected chi connectivity index (χ0v) is 9.01. The number of aromatic nitrogens is 2. The van der Waals surface area contributed by atoms with E-state index in [1.165, 1.54) is 10.9 Å². The van der Waals surface area contributed by atoms with Crippen molar-refractivity contribution in [2.75, 3.05) is 0 Å². The highest BCUT2D eigenvalue weighted by atomic mass is 16.6. The van der Waals surface area contributed by atoms with Crippen LogP contribution in [0.4, 0.5) is 5.82 Å². The van der Waals surface area contributed by atoms with Crippen LogP contribution in [-0.4, -0.2) is 20.6 Å². The van der Waals surface area contributed by atoms with Crippen LogP contribution < -0.4 is 11.3 Å². The van der Waals surface area contributed by atoms with Gasteiger partial charge in [-0.1, -0.05) is 6.92 Å². The van der Waals surface area contributed by atoms with E-state index in [0.29, 0.717) is 12.0 Å². The van der Waals surface area contributed by atoms with Crippen molar-refractivity contribution in [2.24, 2.45) is 5.84 Å². The number of nitrogens with one attached hydrogen (secondary N) is 1. The third-order valence-corrected chi connectivity index (χ3v) is 2.21. The van der Waals surface area contributed by atoms with Crippen molar-refractivity contribution in [3.8, 4) is 0 Å². The third-order valence-electron chi connectivity index (χ3n) is 2.21. The summed E-state index contributed by atoms with van der Waals surface area (Å²) in [6.45, 7) is 3.33. The van der Waals surface area contributed by atoms with Crippen LogP contribution in [-0.2, 0) is 4.79 Å². The number of aryl methyl sites for hydroxylation is 1. The lowest BCUT2D eigenvalue weighted by Crippen LogP contribution is -2.37. The molecule has 1 rings (SSSR count). The lowest BCUT2D eigenvalue weighted by molar-refractivity contribution is -0.390. The molecule has 8 nitrogen and oxygen atoms in total. The van der Waals surface area contributed by atoms with Crippen LogP contribution in [0, 0.1) is 17.0 Å². The third kappa shape index (κ3) is 2.16. The Bertz CT molecular complexity index is 414. The van der Waals surface area contributed by atoms with Crippen molar-refractivity contribution in [1.29, 1.82) is 0 Å². The fraction of sp³-hybridized carbons (Fsp3) is 0.500. The van der Waals surface area contributed by atoms with Gasteiger partial charge in [-0.25, -0.2) is 5.84 Å². The number of amides is 1. The van der Waals surface area contributed by atoms with E-state index in [-0.39, 0.29) is 5.82 Å². The predicted molar refractivity (Wildman–Crippen MR) is 55.3 cm³/mol. The normalized spacial score (nSPS) is 12.2. The summed E-state index contributed by atoms with van der Waals surface area (Å²) in [6.07, 6.45) is 1.91. The number of rotatable bonds is 4. The van der Waals surface area contributed by atoms with E-state index in [9.17, 15) is 14.9 Å². The zero-order chi connectivity index (χ0) is 12.3. The Morgan fingerprint density at radius 2 is 2.44 bits per heavy atom. The number of nitrogens with zero attached hydrogens (tertiary/aromatic N) is 3. The number of hydrogen-bond donors (Lipinski definition) is 2. The summed E-state index contributed by atoms with van der Waals surface area (Å²) in [6, 6.07) is -0.627. The Balaban J connectivity index is 3.07. The minimum atomic E-state index is -0.627. The molecule has 3 N–H and O–H groups in total. The van der Waals surface area contributed by atoms with Gasteiger partial charge in [0.25, 0.3) is 5.91 Å². The van der Waals surface area contributed by atoms with Gasteiger partial charge in [0, 0.05) is 0 Å². The number of carbonyl (C=O) groups is 1. The number of nitro groups is 1. The number of hydrazine groups is 1. The predicted octanol–water partition coefficient (Wildman–Crippen LogP) is 0.0407. The first kappa shape index (κ1) is 12.1. The SMILES string of the molecule is CCC(C(=O)NN)n1cc(C)c([N+](=O)[O-])n1. The Morgan fingerprint density at radius 1 is 1.81 bits per heavy atom. The molecule has 16 heavy (non-hydrogen) atoms. The summed E-state index contributed by atoms with van der Waals surface area (Å²) in [5.41, 5.74) is 2.41. The summed E-state index contributed by atoms with van der Waals surface area (Å²) in [5.74, 6) is 4.34. The van der Waals surface area contributed by atoms with Crippen LogP contribution in [0.25, 0.3) is 0 Å². The average molecular weight is 227 g/mol. The standard InChI is InChI=1S/C8H13N5O3/c1-3-6(8(14)10-9)12-4-5(2)7(11-12)13(15)16/h4,6H,3,9H2,1-2H3,(H,10,14). The first-order valence-electron chi connectivity index (χ1n) is 4.71. The molecule has 88 valence electrons. The topological polar surface area (TPSA) is 116 Å². The Labute approximate surface area is 91.5 Å². The van der Waals surface area contributed by atoms with Gasteiger partial charge >= 0.3 is 5.82 Å². The second-order valence-corrected chi connectivity index (χ2v) is 3.31. The highest BCUT2D eigenvalue weighted by Gasteiger charge is 2.25. The van der Waals surface area contributed by atoms with Crippen LogP contribution in [0.2, 0.25) is 0 Å². The van der Waals surface area contributed by atoms with Gasteiger partial charge in [0.05, 0.1) is 16.9 Å². The fourth-order valence-corrected chi connectivity index (χ4v) is 1.40. The number of hydrogen-bond acceptors (Lipinski definition) is 5. The molecule has 1 heterocycles. The average Bonchev–Trinajstić information content (AvgIpc) is 2.61. The summed E-state index contributed by atoms with van der Waals surface area (Å²) in [7, 11) is 0. The van der Waals surface area contributed by atoms with E-state index < -0.39 is 16.9 Å². The molecule has 0 bridgehead atoms. The molecular weight excluding hydrogens is 214 g/mol. The van der Waals surface area contributed by atoms with Crippen LogP contribution in [0.1, 0.15) is 24.9 Å². The second kappa shape index (κ2) is 4.71. The molecule has 1 aromatic heterocycles. The highest BCUT2D eigenvalue weighted by Crippen LogP contribution is 2.19. The minimum absolute atomic E-state index is 0.247. The molecule has 0 aliphatic rings. The molecule has 0 aromatic carbocycles. The summed E-state index contributed by atoms with van der Waals surface area (Å²) in [4.78, 5) is 21.4. The second-order valence-electron chi connectivity index (χ2n) is 3.31. The maximum Gasteiger partial charge on any atom is 0.392 e. The molecule has 1 atom stereocenters. The lowest BCUT2D eigenvalue weighted by atomic mass is 10.2. The first-order chi connectivity index (χ1) is 7.51. The van der Waals surface area contributed by atoms with Crippen molar-refractivity contribution in [1.82, 2.24) is 15.2 Å². The molecular formula is C8H13N5O3. The maximum absolute atomic E-state index is 11.4. The van der Waals surface area contributed by atoms with Gasteiger partial charge in [0.2, 0.25) is 0 Å². The van der Waals surface area contributed by atoms with Crippen LogP contribution >= 0.6 is 0 Å². The Hall–Kier alpha value is -1.96. The maximum atomic E-state index is 11.4. The molecule has 0 fully saturated rings. The van der Waals surface area contributed by atoms with Gasteiger partial charge < -0.3 is 10.1 Å². The molecule has 0 aliphatic heterocycles. The van der Waals surface area contributed by atoms with Gasteiger partial charge in [-0.15, -0.1) is 0 Å². The molecule has 0 saturated carbocycles. The number of nitrogens with two attached hydrogens (primary N) is 1. The van der Waals surface area contributed by atoms with E-state index in [1.807, 2.05) is 5.43 Å². The first-order valence-corrected chi connectivity index (χ1v) is 4.71. The van der Waals surface area contributed by atoms with E-state index in [2.05, 4.69) is 5.10 Å². The molecule has 0 saturated heterocycles. The van der Waals surface area contributed by atoms with Crippen LogP contribution in [0.3, 0.4) is 0 Å². The summed E-state index contributed by atoms with van der Waals surface area (Å²) >= 11 is 0. The van der Waals surface area contributed by atoms with Gasteiger partial charge in [0.1, 0.15) is 0 Å². The van der Waals surface area contributed by atoms with Gasteiger partial charge in [0.15, 0.2) is 6.04 Å². The van der Waals surface area contributed by atoms with Gasteiger partial charge in [-0.3, -0.25) is 10.2 Å². The van der Waals surface area contributed by atoms with Crippen molar-refractivity contribution in [3.05, 3.63) is 21.9 Å². The lowest BCUT2D eigenvalue weighted by Gasteiger charge is -2.09. The van der Waals surface area contributed by atoms with E-state index in [4.69, 9.17) is 5.84 Å². The van der Waals surface area contributed by atoms with Crippen molar-refractivity contribution < 1.29 is 9.72 Å². The van der Waals surface area contributed by atoms with Gasteiger partial charge in [-0.2, -0.15) is 4.68 Å². The van der Waals surface area contributed by atoms with Crippen molar-refractivity contribution in [3.63, 3.8) is 0 Å². The smallest absolute Gasteiger partial charge is 0.358 e. The monoisotopic (exact) mass is 227 g/mol. The molecule has 0 spiro atoms. The molecule has 0 aliphatic carbocycles. The zero-order valence-electron chi connectivity index (χ0n) is 9.01. The van der Waals surface area contributed by atoms with Crippen molar-refractivity contribution >= 4 is 11.7 Å². The summed E-state index contributed by atoms with van der Waals surface area (Å²) < 4.78 is 1.26. The molecule has 0 radical (unpaired) electrons. The number of carbonyl (C=O) groups excluding carboxylic acids is 1. The largest absolute Gasteiger partial charge is 0.392 e. The summed E-state index contributed by atoms with van der Waals surface area (Å²) in [5, 5.41) is 14.3. The molecule has 8 heteroatoms. The highest BCUT2D eigenvalue weighted by molar-refractivity contribution is 5.79. The van der Waals surface area contributed by atoms with Crippen molar-refractivity contribution in [2.45, 2.75) is 26.3 Å². The molecule has 1 amide bonds. The quantitative estimate of drug-likeness (QED) is 0.326. The van der Waals surface area contributed by atoms with E-state index >= 15 is 0 Å². The van der Waals surface area contributed by atoms with Crippen LogP contribution in [0.15, 0.2) is 6.20 Å². The molecule has 1 unspecified atom stereocenters. The van der Waals surface area contributed by atoms with Gasteiger partial charge in [-0.05, 0) is 18.3 Å². The Morgan fingerprint density at radius 3 is 2.81 bits per heavy atom. The van der Waals surface area contributed by atoms with E-state index in [0.717, 1.165) is 0 Å². The van der Waals surface area contributed by atoms with E-state index in [1.54, 1.807) is 13.8 Å². The minimum Gasteiger partial charge on any atom is -0.358 e. The Kier molecular flexibility index (Phi) is 3.56. The van der Waals surface area contributed by atoms with Crippen LogP contribution in [0.5, 0.6) is 0 Å². The fourth-order valence-electron chi connectivity index (χ4n) is 1.40.